The van der Waals surface area contributed by atoms with E-state index in [4.69, 9.17) is 11.6 Å². The normalized spacial score (nSPS) is 24.6. The highest BCUT2D eigenvalue weighted by Crippen LogP contribution is 2.52. The minimum atomic E-state index is -4.13. The van der Waals surface area contributed by atoms with Crippen LogP contribution in [-0.2, 0) is 19.4 Å². The predicted octanol–water partition coefficient (Wildman–Crippen LogP) is 2.70. The van der Waals surface area contributed by atoms with E-state index in [-0.39, 0.29) is 40.6 Å². The number of halogens is 4. The molecule has 43 heavy (non-hydrogen) atoms. The van der Waals surface area contributed by atoms with Gasteiger partial charge >= 0.3 is 0 Å². The van der Waals surface area contributed by atoms with Gasteiger partial charge in [-0.05, 0) is 69.6 Å². The highest BCUT2D eigenvalue weighted by atomic mass is 35.5. The van der Waals surface area contributed by atoms with Crippen molar-refractivity contribution in [2.75, 3.05) is 11.9 Å². The Bertz CT molecular complexity index is 1520. The van der Waals surface area contributed by atoms with Crippen molar-refractivity contribution < 1.29 is 46.2 Å². The highest BCUT2D eigenvalue weighted by Gasteiger charge is 2.55. The molecule has 2 aromatic rings. The first-order valence-corrected chi connectivity index (χ1v) is 15.4. The van der Waals surface area contributed by atoms with Crippen molar-refractivity contribution in [1.29, 1.82) is 0 Å². The van der Waals surface area contributed by atoms with Crippen LogP contribution in [0.5, 0.6) is 0 Å². The molecule has 5 N–H and O–H groups in total. The van der Waals surface area contributed by atoms with Crippen molar-refractivity contribution >= 4 is 44.8 Å². The summed E-state index contributed by atoms with van der Waals surface area (Å²) < 4.78 is 67.9. The van der Waals surface area contributed by atoms with E-state index in [1.165, 1.54) is 26.0 Å². The number of sulfone groups is 1. The number of hydrogen-bond acceptors (Lipinski definition) is 7. The number of rotatable bonds is 9. The minimum absolute atomic E-state index is 0.0560. The SMILES string of the molecule is C[C@H](O)C(=O)N[C@@H](C)C(=O)NC[C@@]1(O)C2CC[C@H]1C[C@H](S(=O)(=O)c1cc(C(=O)Nc3cc(F)c(F)c(F)c3)ccc1Cl)C2. The van der Waals surface area contributed by atoms with E-state index in [1.54, 1.807) is 0 Å². The summed E-state index contributed by atoms with van der Waals surface area (Å²) >= 11 is 6.24. The van der Waals surface area contributed by atoms with E-state index in [0.29, 0.717) is 25.0 Å². The van der Waals surface area contributed by atoms with Crippen LogP contribution in [0.3, 0.4) is 0 Å². The van der Waals surface area contributed by atoms with Crippen LogP contribution in [0.25, 0.3) is 0 Å². The lowest BCUT2D eigenvalue weighted by Crippen LogP contribution is -2.57. The number of amides is 3. The molecule has 2 bridgehead atoms. The molecule has 2 aliphatic rings. The van der Waals surface area contributed by atoms with Gasteiger partial charge in [0.15, 0.2) is 27.3 Å². The van der Waals surface area contributed by atoms with Gasteiger partial charge in [-0.1, -0.05) is 11.6 Å². The molecule has 6 atom stereocenters. The lowest BCUT2D eigenvalue weighted by Gasteiger charge is -2.42. The van der Waals surface area contributed by atoms with Gasteiger partial charge in [0.2, 0.25) is 11.8 Å². The van der Waals surface area contributed by atoms with E-state index in [1.807, 2.05) is 0 Å². The first-order valence-electron chi connectivity index (χ1n) is 13.5. The van der Waals surface area contributed by atoms with E-state index >= 15 is 0 Å². The van der Waals surface area contributed by atoms with Gasteiger partial charge in [-0.15, -0.1) is 0 Å². The van der Waals surface area contributed by atoms with Crippen molar-refractivity contribution in [3.05, 3.63) is 58.4 Å². The first-order chi connectivity index (χ1) is 20.0. The summed E-state index contributed by atoms with van der Waals surface area (Å²) in [5.74, 6) is -7.92. The molecular formula is C28H31ClF3N3O7S. The third-order valence-electron chi connectivity index (χ3n) is 8.23. The van der Waals surface area contributed by atoms with Gasteiger partial charge in [0, 0.05) is 29.9 Å². The summed E-state index contributed by atoms with van der Waals surface area (Å²) in [6.07, 6.45) is -0.169. The van der Waals surface area contributed by atoms with Gasteiger partial charge in [0.25, 0.3) is 5.91 Å². The third-order valence-corrected chi connectivity index (χ3v) is 10.9. The number of fused-ring (bicyclic) bond motifs is 2. The second-order valence-electron chi connectivity index (χ2n) is 11.1. The molecular weight excluding hydrogens is 615 g/mol. The quantitative estimate of drug-likeness (QED) is 0.262. The molecule has 4 rings (SSSR count). The molecule has 0 spiro atoms. The van der Waals surface area contributed by atoms with E-state index in [2.05, 4.69) is 16.0 Å². The second kappa shape index (κ2) is 12.4. The zero-order chi connectivity index (χ0) is 31.9. The van der Waals surface area contributed by atoms with Gasteiger partial charge in [0.1, 0.15) is 12.1 Å². The van der Waals surface area contributed by atoms with Gasteiger partial charge in [-0.3, -0.25) is 14.4 Å². The van der Waals surface area contributed by atoms with Crippen LogP contribution in [0.2, 0.25) is 5.02 Å². The summed E-state index contributed by atoms with van der Waals surface area (Å²) in [5.41, 5.74) is -1.94. The van der Waals surface area contributed by atoms with Crippen molar-refractivity contribution in [3.8, 4) is 0 Å². The molecule has 2 aromatic carbocycles. The van der Waals surface area contributed by atoms with Gasteiger partial charge in [-0.2, -0.15) is 0 Å². The molecule has 1 unspecified atom stereocenters. The molecule has 0 radical (unpaired) electrons. The maximum Gasteiger partial charge on any atom is 0.255 e. The number of aliphatic hydroxyl groups excluding tert-OH is 1. The number of aliphatic hydroxyl groups is 2. The van der Waals surface area contributed by atoms with Crippen LogP contribution in [0.15, 0.2) is 35.2 Å². The summed E-state index contributed by atoms with van der Waals surface area (Å²) in [7, 11) is -4.13. The third kappa shape index (κ3) is 6.66. The fourth-order valence-corrected chi connectivity index (χ4v) is 8.21. The first kappa shape index (κ1) is 32.7. The Morgan fingerprint density at radius 3 is 2.16 bits per heavy atom. The molecule has 0 saturated heterocycles. The number of nitrogens with one attached hydrogen (secondary N) is 3. The molecule has 2 aliphatic carbocycles. The van der Waals surface area contributed by atoms with Crippen LogP contribution >= 0.6 is 11.6 Å². The molecule has 2 saturated carbocycles. The number of carbonyl (C=O) groups is 3. The van der Waals surface area contributed by atoms with Crippen LogP contribution in [-0.4, -0.2) is 65.9 Å². The lowest BCUT2D eigenvalue weighted by atomic mass is 9.74. The Hall–Kier alpha value is -3.20. The summed E-state index contributed by atoms with van der Waals surface area (Å²) in [4.78, 5) is 36.6. The maximum absolute atomic E-state index is 13.7. The largest absolute Gasteiger partial charge is 0.387 e. The summed E-state index contributed by atoms with van der Waals surface area (Å²) in [6.45, 7) is 2.51. The zero-order valence-electron chi connectivity index (χ0n) is 23.2. The molecule has 15 heteroatoms. The standard InChI is InChI=1S/C28H31ClF3N3O7S/c1-13(34-26(38)14(2)36)25(37)33-12-28(40)16-4-5-17(28)9-19(8-16)43(41,42)23-7-15(3-6-20(23)29)27(39)35-18-10-21(30)24(32)22(31)11-18/h3,6-7,10-11,13-14,16-17,19,36,40H,4-5,8-9,12H2,1-2H3,(H,33,37)(H,34,38)(H,35,39)/t13-,14-,16-,17?,19-,28-/m0/s1. The average molecular weight is 646 g/mol. The number of benzene rings is 2. The number of hydrogen-bond donors (Lipinski definition) is 5. The summed E-state index contributed by atoms with van der Waals surface area (Å²) in [5, 5.41) is 26.9. The van der Waals surface area contributed by atoms with Gasteiger partial charge in [-0.25, -0.2) is 21.6 Å². The molecule has 10 nitrogen and oxygen atoms in total. The Labute approximate surface area is 250 Å². The monoisotopic (exact) mass is 645 g/mol. The van der Waals surface area contributed by atoms with Crippen LogP contribution in [0.4, 0.5) is 18.9 Å². The van der Waals surface area contributed by atoms with Crippen LogP contribution in [0.1, 0.15) is 49.9 Å². The smallest absolute Gasteiger partial charge is 0.255 e. The Morgan fingerprint density at radius 1 is 1.02 bits per heavy atom. The second-order valence-corrected chi connectivity index (χ2v) is 13.7. The van der Waals surface area contributed by atoms with E-state index in [9.17, 15) is 46.2 Å². The molecule has 0 aromatic heterocycles. The molecule has 0 heterocycles. The lowest BCUT2D eigenvalue weighted by molar-refractivity contribution is -0.134. The maximum atomic E-state index is 13.7. The number of carbonyl (C=O) groups excluding carboxylic acids is 3. The van der Waals surface area contributed by atoms with E-state index < -0.39 is 79.8 Å². The highest BCUT2D eigenvalue weighted by molar-refractivity contribution is 7.92. The summed E-state index contributed by atoms with van der Waals surface area (Å²) in [6, 6.07) is 3.66. The molecule has 0 aliphatic heterocycles. The number of anilines is 1. The van der Waals surface area contributed by atoms with Gasteiger partial charge < -0.3 is 26.2 Å². The Kier molecular flexibility index (Phi) is 9.45. The average Bonchev–Trinajstić information content (AvgIpc) is 3.09. The predicted molar refractivity (Wildman–Crippen MR) is 149 cm³/mol. The van der Waals surface area contributed by atoms with Crippen LogP contribution in [0, 0.1) is 29.3 Å². The topological polar surface area (TPSA) is 162 Å². The van der Waals surface area contributed by atoms with Crippen molar-refractivity contribution in [3.63, 3.8) is 0 Å². The van der Waals surface area contributed by atoms with Crippen molar-refractivity contribution in [2.45, 2.75) is 67.4 Å². The zero-order valence-corrected chi connectivity index (χ0v) is 24.7. The fraction of sp³-hybridized carbons (Fsp3) is 0.464. The molecule has 2 fully saturated rings. The molecule has 3 amide bonds. The minimum Gasteiger partial charge on any atom is -0.387 e. The van der Waals surface area contributed by atoms with Crippen molar-refractivity contribution in [2.24, 2.45) is 11.8 Å². The molecule has 234 valence electrons. The van der Waals surface area contributed by atoms with Crippen LogP contribution < -0.4 is 16.0 Å². The Morgan fingerprint density at radius 2 is 1.60 bits per heavy atom. The van der Waals surface area contributed by atoms with E-state index in [0.717, 1.165) is 6.07 Å². The van der Waals surface area contributed by atoms with Gasteiger partial charge in [0.05, 0.1) is 20.8 Å². The van der Waals surface area contributed by atoms with Crippen molar-refractivity contribution in [1.82, 2.24) is 10.6 Å². The fourth-order valence-electron chi connectivity index (χ4n) is 5.81. The Balaban J connectivity index is 1.47.